The van der Waals surface area contributed by atoms with Crippen molar-refractivity contribution in [2.75, 3.05) is 23.3 Å². The molecule has 0 radical (unpaired) electrons. The van der Waals surface area contributed by atoms with Gasteiger partial charge in [0.15, 0.2) is 5.82 Å². The number of rotatable bonds is 4. The molecule has 2 unspecified atom stereocenters. The highest BCUT2D eigenvalue weighted by molar-refractivity contribution is 5.66. The summed E-state index contributed by atoms with van der Waals surface area (Å²) in [5.74, 6) is 2.00. The molecule has 1 saturated carbocycles. The van der Waals surface area contributed by atoms with E-state index in [4.69, 9.17) is 0 Å². The van der Waals surface area contributed by atoms with Crippen molar-refractivity contribution < 1.29 is 0 Å². The SMILES string of the molecule is CCC1CCCCC1Nc1cccnc1N1CCCC1. The zero-order chi connectivity index (χ0) is 13.8. The van der Waals surface area contributed by atoms with Gasteiger partial charge in [0.1, 0.15) is 0 Å². The summed E-state index contributed by atoms with van der Waals surface area (Å²) in [6.07, 6.45) is 11.3. The van der Waals surface area contributed by atoms with Gasteiger partial charge >= 0.3 is 0 Å². The molecule has 1 saturated heterocycles. The van der Waals surface area contributed by atoms with Gasteiger partial charge in [0.25, 0.3) is 0 Å². The third-order valence-corrected chi connectivity index (χ3v) is 4.97. The van der Waals surface area contributed by atoms with Crippen LogP contribution in [0.4, 0.5) is 11.5 Å². The minimum atomic E-state index is 0.638. The van der Waals surface area contributed by atoms with Crippen LogP contribution in [-0.2, 0) is 0 Å². The molecule has 20 heavy (non-hydrogen) atoms. The first kappa shape index (κ1) is 13.7. The Morgan fingerprint density at radius 3 is 2.80 bits per heavy atom. The van der Waals surface area contributed by atoms with E-state index in [0.29, 0.717) is 6.04 Å². The van der Waals surface area contributed by atoms with Gasteiger partial charge in [-0.2, -0.15) is 0 Å². The molecule has 3 nitrogen and oxygen atoms in total. The first-order chi connectivity index (χ1) is 9.88. The average molecular weight is 273 g/mol. The van der Waals surface area contributed by atoms with E-state index >= 15 is 0 Å². The second-order valence-electron chi connectivity index (χ2n) is 6.27. The Balaban J connectivity index is 1.75. The van der Waals surface area contributed by atoms with Gasteiger partial charge in [-0.1, -0.05) is 26.2 Å². The molecule has 1 aliphatic carbocycles. The third-order valence-electron chi connectivity index (χ3n) is 4.97. The molecule has 2 aliphatic rings. The van der Waals surface area contributed by atoms with E-state index in [1.807, 2.05) is 6.20 Å². The molecule has 0 spiro atoms. The van der Waals surface area contributed by atoms with Crippen molar-refractivity contribution in [3.63, 3.8) is 0 Å². The monoisotopic (exact) mass is 273 g/mol. The van der Waals surface area contributed by atoms with Gasteiger partial charge < -0.3 is 10.2 Å². The number of nitrogens with one attached hydrogen (secondary N) is 1. The van der Waals surface area contributed by atoms with Crippen molar-refractivity contribution in [3.05, 3.63) is 18.3 Å². The quantitative estimate of drug-likeness (QED) is 0.896. The number of nitrogens with zero attached hydrogens (tertiary/aromatic N) is 2. The summed E-state index contributed by atoms with van der Waals surface area (Å²) in [5.41, 5.74) is 1.25. The van der Waals surface area contributed by atoms with Crippen molar-refractivity contribution >= 4 is 11.5 Å². The Kier molecular flexibility index (Phi) is 4.44. The van der Waals surface area contributed by atoms with E-state index in [0.717, 1.165) is 19.0 Å². The standard InChI is InChI=1S/C17H27N3/c1-2-14-8-3-4-9-15(14)19-16-10-7-11-18-17(16)20-12-5-6-13-20/h7,10-11,14-15,19H,2-6,8-9,12-13H2,1H3. The number of hydrogen-bond donors (Lipinski definition) is 1. The molecule has 0 amide bonds. The average Bonchev–Trinajstić information content (AvgIpc) is 3.02. The van der Waals surface area contributed by atoms with Gasteiger partial charge in [0.2, 0.25) is 0 Å². The molecule has 2 heterocycles. The lowest BCUT2D eigenvalue weighted by atomic mass is 9.83. The number of anilines is 2. The molecule has 1 aromatic heterocycles. The molecule has 3 rings (SSSR count). The summed E-state index contributed by atoms with van der Waals surface area (Å²) in [5, 5.41) is 3.82. The molecule has 0 aromatic carbocycles. The highest BCUT2D eigenvalue weighted by Crippen LogP contribution is 2.32. The van der Waals surface area contributed by atoms with Crippen LogP contribution in [0.15, 0.2) is 18.3 Å². The Morgan fingerprint density at radius 2 is 2.00 bits per heavy atom. The first-order valence-corrected chi connectivity index (χ1v) is 8.35. The molecule has 1 N–H and O–H groups in total. The minimum Gasteiger partial charge on any atom is -0.379 e. The van der Waals surface area contributed by atoms with Crippen LogP contribution in [0, 0.1) is 5.92 Å². The van der Waals surface area contributed by atoms with Crippen LogP contribution in [0.5, 0.6) is 0 Å². The molecule has 2 atom stereocenters. The molecule has 0 bridgehead atoms. The predicted octanol–water partition coefficient (Wildman–Crippen LogP) is 4.06. The van der Waals surface area contributed by atoms with E-state index in [2.05, 4.69) is 34.3 Å². The normalized spacial score (nSPS) is 26.8. The van der Waals surface area contributed by atoms with Crippen molar-refractivity contribution in [3.8, 4) is 0 Å². The molecule has 1 aliphatic heterocycles. The van der Waals surface area contributed by atoms with E-state index in [-0.39, 0.29) is 0 Å². The summed E-state index contributed by atoms with van der Waals surface area (Å²) in [4.78, 5) is 7.08. The van der Waals surface area contributed by atoms with Crippen molar-refractivity contribution in [2.24, 2.45) is 5.92 Å². The van der Waals surface area contributed by atoms with Crippen molar-refractivity contribution in [2.45, 2.75) is 57.9 Å². The molecule has 1 aromatic rings. The van der Waals surface area contributed by atoms with Gasteiger partial charge in [-0.3, -0.25) is 0 Å². The zero-order valence-corrected chi connectivity index (χ0v) is 12.6. The van der Waals surface area contributed by atoms with Crippen LogP contribution in [0.1, 0.15) is 51.9 Å². The predicted molar refractivity (Wildman–Crippen MR) is 85.3 cm³/mol. The van der Waals surface area contributed by atoms with Gasteiger partial charge in [-0.05, 0) is 43.7 Å². The fraction of sp³-hybridized carbons (Fsp3) is 0.706. The van der Waals surface area contributed by atoms with Crippen LogP contribution in [0.25, 0.3) is 0 Å². The second kappa shape index (κ2) is 6.47. The zero-order valence-electron chi connectivity index (χ0n) is 12.6. The summed E-state index contributed by atoms with van der Waals surface area (Å²) in [7, 11) is 0. The van der Waals surface area contributed by atoms with Crippen LogP contribution in [0.2, 0.25) is 0 Å². The van der Waals surface area contributed by atoms with Crippen LogP contribution in [-0.4, -0.2) is 24.1 Å². The highest BCUT2D eigenvalue weighted by Gasteiger charge is 2.25. The fourth-order valence-corrected chi connectivity index (χ4v) is 3.78. The van der Waals surface area contributed by atoms with Gasteiger partial charge in [0.05, 0.1) is 5.69 Å². The smallest absolute Gasteiger partial charge is 0.151 e. The number of aromatic nitrogens is 1. The van der Waals surface area contributed by atoms with Crippen LogP contribution < -0.4 is 10.2 Å². The van der Waals surface area contributed by atoms with Crippen LogP contribution in [0.3, 0.4) is 0 Å². The number of pyridine rings is 1. The van der Waals surface area contributed by atoms with Crippen molar-refractivity contribution in [1.82, 2.24) is 4.98 Å². The van der Waals surface area contributed by atoms with E-state index < -0.39 is 0 Å². The van der Waals surface area contributed by atoms with Gasteiger partial charge in [0, 0.05) is 25.3 Å². The highest BCUT2D eigenvalue weighted by atomic mass is 15.2. The summed E-state index contributed by atoms with van der Waals surface area (Å²) < 4.78 is 0. The Hall–Kier alpha value is -1.25. The third kappa shape index (κ3) is 2.92. The molecule has 2 fully saturated rings. The lowest BCUT2D eigenvalue weighted by Crippen LogP contribution is -2.33. The lowest BCUT2D eigenvalue weighted by Gasteiger charge is -2.33. The van der Waals surface area contributed by atoms with Gasteiger partial charge in [-0.15, -0.1) is 0 Å². The summed E-state index contributed by atoms with van der Waals surface area (Å²) >= 11 is 0. The van der Waals surface area contributed by atoms with E-state index in [1.165, 1.54) is 56.5 Å². The molecular weight excluding hydrogens is 246 g/mol. The lowest BCUT2D eigenvalue weighted by molar-refractivity contribution is 0.317. The Morgan fingerprint density at radius 1 is 1.20 bits per heavy atom. The van der Waals surface area contributed by atoms with Gasteiger partial charge in [-0.25, -0.2) is 4.98 Å². The van der Waals surface area contributed by atoms with Crippen LogP contribution >= 0.6 is 0 Å². The summed E-state index contributed by atoms with van der Waals surface area (Å²) in [6, 6.07) is 4.91. The maximum atomic E-state index is 4.64. The molecular formula is C17H27N3. The molecule has 3 heteroatoms. The van der Waals surface area contributed by atoms with Crippen molar-refractivity contribution in [1.29, 1.82) is 0 Å². The summed E-state index contributed by atoms with van der Waals surface area (Å²) in [6.45, 7) is 4.65. The van der Waals surface area contributed by atoms with E-state index in [9.17, 15) is 0 Å². The Bertz CT molecular complexity index is 426. The second-order valence-corrected chi connectivity index (χ2v) is 6.27. The van der Waals surface area contributed by atoms with E-state index in [1.54, 1.807) is 0 Å². The first-order valence-electron chi connectivity index (χ1n) is 8.35. The maximum Gasteiger partial charge on any atom is 0.151 e. The fourth-order valence-electron chi connectivity index (χ4n) is 3.78. The Labute approximate surface area is 122 Å². The molecule has 110 valence electrons. The topological polar surface area (TPSA) is 28.2 Å². The number of hydrogen-bond acceptors (Lipinski definition) is 3. The minimum absolute atomic E-state index is 0.638. The largest absolute Gasteiger partial charge is 0.379 e. The maximum absolute atomic E-state index is 4.64.